The largest absolute Gasteiger partial charge is 0.492 e. The second kappa shape index (κ2) is 4.41. The minimum atomic E-state index is 0.404. The lowest BCUT2D eigenvalue weighted by molar-refractivity contribution is 0.242. The number of fused-ring (bicyclic) bond motifs is 3. The number of aromatic nitrogens is 1. The fourth-order valence-corrected chi connectivity index (χ4v) is 2.36. The van der Waals surface area contributed by atoms with E-state index in [0.717, 1.165) is 43.6 Å². The zero-order valence-electron chi connectivity index (χ0n) is 9.98. The summed E-state index contributed by atoms with van der Waals surface area (Å²) in [5, 5.41) is 3.37. The van der Waals surface area contributed by atoms with Gasteiger partial charge in [0.1, 0.15) is 12.4 Å². The molecule has 2 aliphatic rings. The van der Waals surface area contributed by atoms with Crippen LogP contribution < -0.4 is 19.7 Å². The average Bonchev–Trinajstić information content (AvgIpc) is 2.39. The van der Waals surface area contributed by atoms with Crippen molar-refractivity contribution in [3.63, 3.8) is 0 Å². The molecule has 0 aliphatic carbocycles. The smallest absolute Gasteiger partial charge is 0.172 e. The molecule has 0 aromatic carbocycles. The molecule has 0 unspecified atom stereocenters. The molecule has 0 bridgehead atoms. The normalized spacial score (nSPS) is 22.4. The van der Waals surface area contributed by atoms with E-state index < -0.39 is 0 Å². The Morgan fingerprint density at radius 1 is 1.65 bits per heavy atom. The van der Waals surface area contributed by atoms with Gasteiger partial charge in [-0.05, 0) is 6.92 Å². The molecule has 1 aromatic rings. The summed E-state index contributed by atoms with van der Waals surface area (Å²) >= 11 is 0. The number of pyridine rings is 1. The second-order valence-electron chi connectivity index (χ2n) is 4.29. The molecule has 1 aromatic heterocycles. The third-order valence-corrected chi connectivity index (χ3v) is 3.17. The predicted octanol–water partition coefficient (Wildman–Crippen LogP) is 0.651. The molecule has 1 fully saturated rings. The van der Waals surface area contributed by atoms with Gasteiger partial charge < -0.3 is 19.7 Å². The third kappa shape index (κ3) is 1.91. The molecule has 5 nitrogen and oxygen atoms in total. The highest BCUT2D eigenvalue weighted by Crippen LogP contribution is 2.34. The van der Waals surface area contributed by atoms with E-state index >= 15 is 0 Å². The van der Waals surface area contributed by atoms with Crippen molar-refractivity contribution >= 4 is 5.82 Å². The number of ether oxygens (including phenoxy) is 2. The SMILES string of the molecule is CCOc1cnc2c(c1)OC[C@@H]1CNCCN21. The van der Waals surface area contributed by atoms with E-state index in [0.29, 0.717) is 12.6 Å². The van der Waals surface area contributed by atoms with Gasteiger partial charge in [0.25, 0.3) is 0 Å². The van der Waals surface area contributed by atoms with Gasteiger partial charge >= 0.3 is 0 Å². The quantitative estimate of drug-likeness (QED) is 0.815. The van der Waals surface area contributed by atoms with E-state index in [1.165, 1.54) is 0 Å². The van der Waals surface area contributed by atoms with Gasteiger partial charge in [0.2, 0.25) is 0 Å². The number of nitrogens with zero attached hydrogens (tertiary/aromatic N) is 2. The third-order valence-electron chi connectivity index (χ3n) is 3.17. The first-order valence-electron chi connectivity index (χ1n) is 6.11. The first-order valence-corrected chi connectivity index (χ1v) is 6.11. The Morgan fingerprint density at radius 3 is 3.47 bits per heavy atom. The van der Waals surface area contributed by atoms with Crippen molar-refractivity contribution in [1.29, 1.82) is 0 Å². The molecule has 2 aliphatic heterocycles. The summed E-state index contributed by atoms with van der Waals surface area (Å²) < 4.78 is 11.2. The van der Waals surface area contributed by atoms with E-state index in [1.54, 1.807) is 6.20 Å². The Kier molecular flexibility index (Phi) is 2.76. The van der Waals surface area contributed by atoms with Crippen molar-refractivity contribution < 1.29 is 9.47 Å². The van der Waals surface area contributed by atoms with E-state index in [1.807, 2.05) is 13.0 Å². The van der Waals surface area contributed by atoms with Crippen LogP contribution in [-0.2, 0) is 0 Å². The van der Waals surface area contributed by atoms with Crippen LogP contribution in [0.25, 0.3) is 0 Å². The number of hydrogen-bond acceptors (Lipinski definition) is 5. The lowest BCUT2D eigenvalue weighted by Crippen LogP contribution is -2.56. The van der Waals surface area contributed by atoms with Gasteiger partial charge in [-0.1, -0.05) is 0 Å². The van der Waals surface area contributed by atoms with E-state index in [4.69, 9.17) is 9.47 Å². The highest BCUT2D eigenvalue weighted by Gasteiger charge is 2.30. The van der Waals surface area contributed by atoms with Gasteiger partial charge in [-0.15, -0.1) is 0 Å². The molecule has 3 rings (SSSR count). The Morgan fingerprint density at radius 2 is 2.59 bits per heavy atom. The van der Waals surface area contributed by atoms with Crippen molar-refractivity contribution in [1.82, 2.24) is 10.3 Å². The zero-order chi connectivity index (χ0) is 11.7. The van der Waals surface area contributed by atoms with Gasteiger partial charge in [-0.3, -0.25) is 0 Å². The van der Waals surface area contributed by atoms with Crippen molar-refractivity contribution in [2.75, 3.05) is 37.7 Å². The number of anilines is 1. The molecule has 5 heteroatoms. The number of hydrogen-bond donors (Lipinski definition) is 1. The van der Waals surface area contributed by atoms with Gasteiger partial charge in [0.15, 0.2) is 11.6 Å². The molecule has 0 radical (unpaired) electrons. The molecule has 17 heavy (non-hydrogen) atoms. The Bertz CT molecular complexity index is 411. The molecule has 1 saturated heterocycles. The fraction of sp³-hybridized carbons (Fsp3) is 0.583. The molecule has 92 valence electrons. The van der Waals surface area contributed by atoms with Crippen LogP contribution in [-0.4, -0.2) is 43.9 Å². The summed E-state index contributed by atoms with van der Waals surface area (Å²) in [5.41, 5.74) is 0. The van der Waals surface area contributed by atoms with Crippen LogP contribution in [0.1, 0.15) is 6.92 Å². The molecular weight excluding hydrogens is 218 g/mol. The number of piperazine rings is 1. The molecule has 0 saturated carbocycles. The van der Waals surface area contributed by atoms with Gasteiger partial charge in [0, 0.05) is 25.7 Å². The van der Waals surface area contributed by atoms with E-state index in [-0.39, 0.29) is 0 Å². The highest BCUT2D eigenvalue weighted by molar-refractivity contribution is 5.57. The van der Waals surface area contributed by atoms with Crippen LogP contribution >= 0.6 is 0 Å². The summed E-state index contributed by atoms with van der Waals surface area (Å²) in [5.74, 6) is 2.57. The van der Waals surface area contributed by atoms with Gasteiger partial charge in [-0.25, -0.2) is 4.98 Å². The van der Waals surface area contributed by atoms with Crippen LogP contribution in [0.5, 0.6) is 11.5 Å². The van der Waals surface area contributed by atoms with Crippen LogP contribution in [0.3, 0.4) is 0 Å². The lowest BCUT2D eigenvalue weighted by atomic mass is 10.1. The maximum absolute atomic E-state index is 5.76. The van der Waals surface area contributed by atoms with Gasteiger partial charge in [-0.2, -0.15) is 0 Å². The van der Waals surface area contributed by atoms with Crippen molar-refractivity contribution in [3.05, 3.63) is 12.3 Å². The topological polar surface area (TPSA) is 46.6 Å². The number of rotatable bonds is 2. The molecule has 1 atom stereocenters. The van der Waals surface area contributed by atoms with Crippen molar-refractivity contribution in [2.24, 2.45) is 0 Å². The highest BCUT2D eigenvalue weighted by atomic mass is 16.5. The summed E-state index contributed by atoms with van der Waals surface area (Å²) in [6, 6.07) is 2.34. The first kappa shape index (κ1) is 10.7. The summed E-state index contributed by atoms with van der Waals surface area (Å²) in [4.78, 5) is 6.79. The van der Waals surface area contributed by atoms with E-state index in [9.17, 15) is 0 Å². The Balaban J connectivity index is 1.89. The second-order valence-corrected chi connectivity index (χ2v) is 4.29. The van der Waals surface area contributed by atoms with Crippen LogP contribution in [0.4, 0.5) is 5.82 Å². The summed E-state index contributed by atoms with van der Waals surface area (Å²) in [7, 11) is 0. The maximum atomic E-state index is 5.76. The summed E-state index contributed by atoms with van der Waals surface area (Å²) in [6.45, 7) is 6.29. The molecular formula is C12H17N3O2. The standard InChI is InChI=1S/C12H17N3O2/c1-2-16-10-5-11-12(14-7-10)15-4-3-13-6-9(15)8-17-11/h5,7,9,13H,2-4,6,8H2,1H3/t9-/m0/s1. The number of nitrogens with one attached hydrogen (secondary N) is 1. The molecule has 3 heterocycles. The van der Waals surface area contributed by atoms with Crippen LogP contribution in [0.15, 0.2) is 12.3 Å². The van der Waals surface area contributed by atoms with Crippen LogP contribution in [0.2, 0.25) is 0 Å². The molecule has 0 amide bonds. The van der Waals surface area contributed by atoms with Crippen molar-refractivity contribution in [3.8, 4) is 11.5 Å². The van der Waals surface area contributed by atoms with Gasteiger partial charge in [0.05, 0.1) is 18.8 Å². The predicted molar refractivity (Wildman–Crippen MR) is 64.9 cm³/mol. The fourth-order valence-electron chi connectivity index (χ4n) is 2.36. The maximum Gasteiger partial charge on any atom is 0.172 e. The Hall–Kier alpha value is -1.49. The Labute approximate surface area is 101 Å². The summed E-state index contributed by atoms with van der Waals surface area (Å²) in [6.07, 6.45) is 1.77. The average molecular weight is 235 g/mol. The first-order chi connectivity index (χ1) is 8.38. The molecule has 0 spiro atoms. The zero-order valence-corrected chi connectivity index (χ0v) is 9.98. The monoisotopic (exact) mass is 235 g/mol. The van der Waals surface area contributed by atoms with E-state index in [2.05, 4.69) is 15.2 Å². The van der Waals surface area contributed by atoms with Crippen molar-refractivity contribution in [2.45, 2.75) is 13.0 Å². The minimum Gasteiger partial charge on any atom is -0.492 e. The van der Waals surface area contributed by atoms with Crippen LogP contribution in [0, 0.1) is 0 Å². The minimum absolute atomic E-state index is 0.404. The lowest BCUT2D eigenvalue weighted by Gasteiger charge is -2.40. The molecule has 1 N–H and O–H groups in total.